The van der Waals surface area contributed by atoms with Gasteiger partial charge in [0.1, 0.15) is 0 Å². The first-order valence-corrected chi connectivity index (χ1v) is 10.2. The Kier molecular flexibility index (Phi) is 5.05. The van der Waals surface area contributed by atoms with Crippen molar-refractivity contribution in [2.24, 2.45) is 0 Å². The topological polar surface area (TPSA) is 80.8 Å². The van der Waals surface area contributed by atoms with Crippen LogP contribution in [-0.2, 0) is 23.4 Å². The SMILES string of the molecule is CC(=O)OCC1CN(C(=O)C(F)(F)F)c2ccc3cc(S(=O)(=O)Cl)ccc3c21. The number of nitrogens with zero attached hydrogens (tertiary/aromatic N) is 1. The van der Waals surface area contributed by atoms with Crippen molar-refractivity contribution in [2.75, 3.05) is 18.1 Å². The van der Waals surface area contributed by atoms with E-state index in [1.54, 1.807) is 0 Å². The highest BCUT2D eigenvalue weighted by atomic mass is 35.7. The van der Waals surface area contributed by atoms with Crippen LogP contribution in [0.15, 0.2) is 35.2 Å². The lowest BCUT2D eigenvalue weighted by Crippen LogP contribution is -2.40. The number of benzene rings is 2. The minimum Gasteiger partial charge on any atom is -0.465 e. The van der Waals surface area contributed by atoms with Crippen molar-refractivity contribution >= 4 is 48.1 Å². The largest absolute Gasteiger partial charge is 0.471 e. The Morgan fingerprint density at radius 2 is 1.93 bits per heavy atom. The van der Waals surface area contributed by atoms with Gasteiger partial charge in [0.15, 0.2) is 0 Å². The number of carbonyl (C=O) groups excluding carboxylic acids is 2. The summed E-state index contributed by atoms with van der Waals surface area (Å²) in [5.74, 6) is -3.34. The van der Waals surface area contributed by atoms with E-state index >= 15 is 0 Å². The minimum absolute atomic E-state index is 0.0356. The first-order chi connectivity index (χ1) is 12.9. The quantitative estimate of drug-likeness (QED) is 0.545. The molecule has 6 nitrogen and oxygen atoms in total. The van der Waals surface area contributed by atoms with Crippen molar-refractivity contribution in [3.63, 3.8) is 0 Å². The average molecular weight is 436 g/mol. The molecule has 1 aliphatic heterocycles. The summed E-state index contributed by atoms with van der Waals surface area (Å²) < 4.78 is 66.9. The molecule has 0 N–H and O–H groups in total. The molecule has 11 heteroatoms. The molecule has 1 heterocycles. The first kappa shape index (κ1) is 20.4. The van der Waals surface area contributed by atoms with Gasteiger partial charge in [0.05, 0.1) is 11.5 Å². The highest BCUT2D eigenvalue weighted by molar-refractivity contribution is 8.13. The summed E-state index contributed by atoms with van der Waals surface area (Å²) in [6, 6.07) is 6.63. The van der Waals surface area contributed by atoms with Crippen LogP contribution in [0.25, 0.3) is 10.8 Å². The van der Waals surface area contributed by atoms with Gasteiger partial charge in [-0.1, -0.05) is 12.1 Å². The fourth-order valence-corrected chi connectivity index (χ4v) is 4.03. The number of hydrogen-bond acceptors (Lipinski definition) is 5. The molecular weight excluding hydrogens is 423 g/mol. The van der Waals surface area contributed by atoms with E-state index in [9.17, 15) is 31.2 Å². The van der Waals surface area contributed by atoms with E-state index in [4.69, 9.17) is 15.4 Å². The maximum Gasteiger partial charge on any atom is 0.471 e. The monoisotopic (exact) mass is 435 g/mol. The van der Waals surface area contributed by atoms with Gasteiger partial charge in [-0.05, 0) is 34.5 Å². The molecule has 0 fully saturated rings. The number of halogens is 4. The molecule has 2 aromatic rings. The average Bonchev–Trinajstić information content (AvgIpc) is 2.96. The molecule has 28 heavy (non-hydrogen) atoms. The second kappa shape index (κ2) is 6.93. The van der Waals surface area contributed by atoms with Crippen molar-refractivity contribution in [2.45, 2.75) is 23.9 Å². The lowest BCUT2D eigenvalue weighted by atomic mass is 9.95. The van der Waals surface area contributed by atoms with E-state index in [1.165, 1.54) is 30.3 Å². The summed E-state index contributed by atoms with van der Waals surface area (Å²) in [6.07, 6.45) is -5.07. The van der Waals surface area contributed by atoms with E-state index in [2.05, 4.69) is 0 Å². The Bertz CT molecular complexity index is 1080. The second-order valence-electron chi connectivity index (χ2n) is 6.23. The van der Waals surface area contributed by atoms with Crippen LogP contribution in [0.1, 0.15) is 18.4 Å². The third-order valence-electron chi connectivity index (χ3n) is 4.37. The summed E-state index contributed by atoms with van der Waals surface area (Å²) in [4.78, 5) is 23.4. The Balaban J connectivity index is 2.16. The molecule has 0 aliphatic carbocycles. The molecule has 3 rings (SSSR count). The zero-order valence-electron chi connectivity index (χ0n) is 14.3. The summed E-state index contributed by atoms with van der Waals surface area (Å²) >= 11 is 0. The predicted molar refractivity (Wildman–Crippen MR) is 94.8 cm³/mol. The number of alkyl halides is 3. The molecule has 1 amide bonds. The lowest BCUT2D eigenvalue weighted by molar-refractivity contribution is -0.170. The molecule has 150 valence electrons. The summed E-state index contributed by atoms with van der Waals surface area (Å²) in [7, 11) is 1.34. The highest BCUT2D eigenvalue weighted by Crippen LogP contribution is 2.43. The Morgan fingerprint density at radius 1 is 1.25 bits per heavy atom. The van der Waals surface area contributed by atoms with E-state index in [0.717, 1.165) is 6.92 Å². The molecule has 0 radical (unpaired) electrons. The van der Waals surface area contributed by atoms with Crippen LogP contribution in [0.2, 0.25) is 0 Å². The van der Waals surface area contributed by atoms with Crippen LogP contribution >= 0.6 is 10.7 Å². The van der Waals surface area contributed by atoms with Gasteiger partial charge >= 0.3 is 18.1 Å². The molecule has 0 saturated heterocycles. The van der Waals surface area contributed by atoms with Crippen LogP contribution in [0, 0.1) is 0 Å². The van der Waals surface area contributed by atoms with Gasteiger partial charge < -0.3 is 9.64 Å². The van der Waals surface area contributed by atoms with Gasteiger partial charge in [-0.2, -0.15) is 13.2 Å². The predicted octanol–water partition coefficient (Wildman–Crippen LogP) is 3.32. The standard InChI is InChI=1S/C17H13ClF3NO5S/c1-9(23)27-8-11-7-22(16(24)17(19,20)21)14-5-2-10-6-12(28(18,25)26)3-4-13(10)15(11)14/h2-6,11H,7-8H2,1H3. The van der Waals surface area contributed by atoms with Crippen molar-refractivity contribution in [1.82, 2.24) is 0 Å². The molecule has 2 aromatic carbocycles. The number of rotatable bonds is 3. The van der Waals surface area contributed by atoms with Crippen LogP contribution < -0.4 is 4.90 Å². The van der Waals surface area contributed by atoms with E-state index in [1.807, 2.05) is 0 Å². The molecule has 1 atom stereocenters. The molecule has 0 saturated carbocycles. The van der Waals surface area contributed by atoms with E-state index in [0.29, 0.717) is 21.2 Å². The summed E-state index contributed by atoms with van der Waals surface area (Å²) in [5, 5.41) is 0.853. The van der Waals surface area contributed by atoms with Crippen LogP contribution in [0.4, 0.5) is 18.9 Å². The van der Waals surface area contributed by atoms with E-state index < -0.39 is 33.0 Å². The number of amides is 1. The normalized spacial score (nSPS) is 16.9. The lowest BCUT2D eigenvalue weighted by Gasteiger charge is -2.19. The molecule has 0 bridgehead atoms. The fraction of sp³-hybridized carbons (Fsp3) is 0.294. The summed E-state index contributed by atoms with van der Waals surface area (Å²) in [5.41, 5.74) is 0.406. The zero-order chi connectivity index (χ0) is 20.9. The van der Waals surface area contributed by atoms with E-state index in [-0.39, 0.29) is 23.7 Å². The Morgan fingerprint density at radius 3 is 2.50 bits per heavy atom. The number of anilines is 1. The first-order valence-electron chi connectivity index (χ1n) is 7.93. The van der Waals surface area contributed by atoms with Gasteiger partial charge in [-0.15, -0.1) is 0 Å². The smallest absolute Gasteiger partial charge is 0.465 e. The molecule has 1 unspecified atom stereocenters. The zero-order valence-corrected chi connectivity index (χ0v) is 15.9. The van der Waals surface area contributed by atoms with Crippen molar-refractivity contribution in [3.8, 4) is 0 Å². The van der Waals surface area contributed by atoms with Gasteiger partial charge in [0.25, 0.3) is 9.05 Å². The third-order valence-corrected chi connectivity index (χ3v) is 5.72. The van der Waals surface area contributed by atoms with Crippen LogP contribution in [-0.4, -0.2) is 39.6 Å². The van der Waals surface area contributed by atoms with Crippen molar-refractivity contribution < 1.29 is 35.9 Å². The third kappa shape index (κ3) is 3.79. The number of hydrogen-bond donors (Lipinski definition) is 0. The van der Waals surface area contributed by atoms with Gasteiger partial charge in [0, 0.05) is 35.8 Å². The number of carbonyl (C=O) groups is 2. The number of fused-ring (bicyclic) bond motifs is 3. The van der Waals surface area contributed by atoms with Gasteiger partial charge in [-0.3, -0.25) is 9.59 Å². The molecule has 0 aromatic heterocycles. The second-order valence-corrected chi connectivity index (χ2v) is 8.80. The Hall–Kier alpha value is -2.33. The highest BCUT2D eigenvalue weighted by Gasteiger charge is 2.47. The molecule has 1 aliphatic rings. The number of esters is 1. The minimum atomic E-state index is -5.07. The maximum absolute atomic E-state index is 13.0. The van der Waals surface area contributed by atoms with Crippen molar-refractivity contribution in [1.29, 1.82) is 0 Å². The van der Waals surface area contributed by atoms with Gasteiger partial charge in [0.2, 0.25) is 0 Å². The Labute approximate surface area is 162 Å². The number of ether oxygens (including phenoxy) is 1. The fourth-order valence-electron chi connectivity index (χ4n) is 3.25. The molecular formula is C17H13ClF3NO5S. The molecule has 0 spiro atoms. The van der Waals surface area contributed by atoms with Gasteiger partial charge in [-0.25, -0.2) is 8.42 Å². The van der Waals surface area contributed by atoms with Crippen molar-refractivity contribution in [3.05, 3.63) is 35.9 Å². The van der Waals surface area contributed by atoms with Crippen LogP contribution in [0.3, 0.4) is 0 Å². The maximum atomic E-state index is 13.0. The summed E-state index contributed by atoms with van der Waals surface area (Å²) in [6.45, 7) is 0.615. The van der Waals surface area contributed by atoms with Crippen LogP contribution in [0.5, 0.6) is 0 Å².